The molecule has 0 bridgehead atoms. The van der Waals surface area contributed by atoms with Gasteiger partial charge >= 0.3 is 5.97 Å². The van der Waals surface area contributed by atoms with Crippen LogP contribution in [-0.4, -0.2) is 27.8 Å². The Bertz CT molecular complexity index is 1050. The molecule has 6 unspecified atom stereocenters. The summed E-state index contributed by atoms with van der Waals surface area (Å²) in [6, 6.07) is 10.3. The smallest absolute Gasteiger partial charge is 0.338 e. The molecule has 2 saturated carbocycles. The van der Waals surface area contributed by atoms with Crippen LogP contribution in [0.4, 0.5) is 4.39 Å². The van der Waals surface area contributed by atoms with Gasteiger partial charge in [0.05, 0.1) is 5.69 Å². The zero-order valence-corrected chi connectivity index (χ0v) is 18.9. The number of carbonyl (C=O) groups is 1. The van der Waals surface area contributed by atoms with Crippen LogP contribution >= 0.6 is 0 Å². The lowest BCUT2D eigenvalue weighted by atomic mass is 9.56. The van der Waals surface area contributed by atoms with E-state index in [1.54, 1.807) is 12.3 Å². The van der Waals surface area contributed by atoms with Crippen molar-refractivity contribution in [2.75, 3.05) is 0 Å². The predicted molar refractivity (Wildman–Crippen MR) is 126 cm³/mol. The molecule has 0 amide bonds. The molecule has 1 saturated heterocycles. The SMILES string of the molecule is C#C.CC1OC(=O)C2(O)CC3CCCCC3C(/C=C/c3ccc(-c4cccc(F)c4)cn3)C12. The van der Waals surface area contributed by atoms with Crippen molar-refractivity contribution in [3.63, 3.8) is 0 Å². The number of halogens is 1. The van der Waals surface area contributed by atoms with E-state index >= 15 is 0 Å². The van der Waals surface area contributed by atoms with Crippen LogP contribution in [0.5, 0.6) is 0 Å². The number of terminal acetylenes is 1. The van der Waals surface area contributed by atoms with E-state index in [0.29, 0.717) is 18.3 Å². The molecule has 6 atom stereocenters. The minimum absolute atomic E-state index is 0.0789. The number of ether oxygens (including phenoxy) is 1. The molecule has 5 heteroatoms. The Morgan fingerprint density at radius 1 is 1.18 bits per heavy atom. The van der Waals surface area contributed by atoms with Crippen molar-refractivity contribution >= 4 is 12.0 Å². The largest absolute Gasteiger partial charge is 0.460 e. The minimum atomic E-state index is -1.37. The maximum absolute atomic E-state index is 13.5. The first-order chi connectivity index (χ1) is 16.0. The Morgan fingerprint density at radius 3 is 2.70 bits per heavy atom. The van der Waals surface area contributed by atoms with Crippen molar-refractivity contribution in [2.24, 2.45) is 23.7 Å². The molecule has 1 aliphatic heterocycles. The van der Waals surface area contributed by atoms with Crippen molar-refractivity contribution in [3.8, 4) is 24.0 Å². The van der Waals surface area contributed by atoms with Crippen molar-refractivity contribution < 1.29 is 19.0 Å². The van der Waals surface area contributed by atoms with Crippen LogP contribution in [-0.2, 0) is 9.53 Å². The lowest BCUT2D eigenvalue weighted by Crippen LogP contribution is -2.54. The molecular formula is C28H30FNO3. The number of nitrogens with zero attached hydrogens (tertiary/aromatic N) is 1. The minimum Gasteiger partial charge on any atom is -0.460 e. The Balaban J connectivity index is 0.00000126. The van der Waals surface area contributed by atoms with E-state index in [-0.39, 0.29) is 23.8 Å². The van der Waals surface area contributed by atoms with Crippen LogP contribution in [0.15, 0.2) is 48.7 Å². The molecule has 172 valence electrons. The molecule has 3 aliphatic rings. The van der Waals surface area contributed by atoms with Gasteiger partial charge < -0.3 is 9.84 Å². The number of rotatable bonds is 3. The Morgan fingerprint density at radius 2 is 1.97 bits per heavy atom. The van der Waals surface area contributed by atoms with Gasteiger partial charge in [0.15, 0.2) is 5.60 Å². The second kappa shape index (κ2) is 9.49. The molecule has 1 aromatic heterocycles. The zero-order chi connectivity index (χ0) is 23.6. The van der Waals surface area contributed by atoms with E-state index in [0.717, 1.165) is 36.1 Å². The maximum Gasteiger partial charge on any atom is 0.338 e. The number of hydrogen-bond acceptors (Lipinski definition) is 4. The number of fused-ring (bicyclic) bond motifs is 2. The number of cyclic esters (lactones) is 1. The molecule has 33 heavy (non-hydrogen) atoms. The molecule has 1 aromatic carbocycles. The summed E-state index contributed by atoms with van der Waals surface area (Å²) in [7, 11) is 0. The predicted octanol–water partition coefficient (Wildman–Crippen LogP) is 5.27. The number of esters is 1. The quantitative estimate of drug-likeness (QED) is 0.514. The number of carbonyl (C=O) groups excluding carboxylic acids is 1. The maximum atomic E-state index is 13.5. The lowest BCUT2D eigenvalue weighted by Gasteiger charge is -2.48. The van der Waals surface area contributed by atoms with Gasteiger partial charge in [-0.15, -0.1) is 12.8 Å². The van der Waals surface area contributed by atoms with Crippen LogP contribution in [0.25, 0.3) is 17.2 Å². The monoisotopic (exact) mass is 447 g/mol. The first-order valence-corrected chi connectivity index (χ1v) is 11.6. The van der Waals surface area contributed by atoms with Crippen LogP contribution in [0, 0.1) is 42.3 Å². The number of aromatic nitrogens is 1. The molecule has 2 aromatic rings. The molecule has 3 fully saturated rings. The Hall–Kier alpha value is -2.97. The van der Waals surface area contributed by atoms with E-state index in [1.165, 1.54) is 18.6 Å². The first-order valence-electron chi connectivity index (χ1n) is 11.6. The fourth-order valence-electron chi connectivity index (χ4n) is 6.20. The van der Waals surface area contributed by atoms with Gasteiger partial charge in [-0.1, -0.05) is 43.5 Å². The summed E-state index contributed by atoms with van der Waals surface area (Å²) in [5, 5.41) is 11.3. The van der Waals surface area contributed by atoms with E-state index in [1.807, 2.05) is 31.2 Å². The summed E-state index contributed by atoms with van der Waals surface area (Å²) in [4.78, 5) is 17.0. The van der Waals surface area contributed by atoms with Crippen LogP contribution < -0.4 is 0 Å². The second-order valence-corrected chi connectivity index (χ2v) is 9.39. The van der Waals surface area contributed by atoms with Gasteiger partial charge in [0, 0.05) is 17.7 Å². The van der Waals surface area contributed by atoms with Crippen molar-refractivity contribution in [2.45, 2.75) is 50.7 Å². The number of benzene rings is 1. The van der Waals surface area contributed by atoms with Crippen molar-refractivity contribution in [1.29, 1.82) is 0 Å². The van der Waals surface area contributed by atoms with Gasteiger partial charge in [0.1, 0.15) is 11.9 Å². The summed E-state index contributed by atoms with van der Waals surface area (Å²) in [5.41, 5.74) is 1.08. The van der Waals surface area contributed by atoms with Crippen molar-refractivity contribution in [3.05, 3.63) is 60.2 Å². The number of pyridine rings is 1. The summed E-state index contributed by atoms with van der Waals surface area (Å²) in [6.45, 7) is 1.90. The van der Waals surface area contributed by atoms with E-state index in [4.69, 9.17) is 4.74 Å². The van der Waals surface area contributed by atoms with Gasteiger partial charge in [-0.2, -0.15) is 0 Å². The summed E-state index contributed by atoms with van der Waals surface area (Å²) in [5.74, 6) is -0.0531. The normalized spacial score (nSPS) is 32.9. The highest BCUT2D eigenvalue weighted by molar-refractivity contribution is 5.82. The summed E-state index contributed by atoms with van der Waals surface area (Å²) in [6.07, 6.45) is 18.7. The van der Waals surface area contributed by atoms with Crippen molar-refractivity contribution in [1.82, 2.24) is 4.98 Å². The number of hydrogen-bond donors (Lipinski definition) is 1. The number of aliphatic hydroxyl groups is 1. The van der Waals surface area contributed by atoms with Gasteiger partial charge in [0.2, 0.25) is 0 Å². The van der Waals surface area contributed by atoms with Crippen LogP contribution in [0.2, 0.25) is 0 Å². The zero-order valence-electron chi connectivity index (χ0n) is 18.9. The van der Waals surface area contributed by atoms with Gasteiger partial charge in [-0.05, 0) is 67.4 Å². The Labute approximate surface area is 194 Å². The first kappa shape index (κ1) is 23.2. The van der Waals surface area contributed by atoms with Crippen LogP contribution in [0.1, 0.15) is 44.7 Å². The Kier molecular flexibility index (Phi) is 6.67. The molecule has 4 nitrogen and oxygen atoms in total. The third kappa shape index (κ3) is 4.32. The molecule has 5 rings (SSSR count). The summed E-state index contributed by atoms with van der Waals surface area (Å²) < 4.78 is 19.0. The van der Waals surface area contributed by atoms with E-state index < -0.39 is 11.6 Å². The molecule has 2 aliphatic carbocycles. The third-order valence-electron chi connectivity index (χ3n) is 7.59. The van der Waals surface area contributed by atoms with E-state index in [9.17, 15) is 14.3 Å². The average Bonchev–Trinajstić information content (AvgIpc) is 3.06. The molecule has 0 radical (unpaired) electrons. The van der Waals surface area contributed by atoms with Gasteiger partial charge in [-0.3, -0.25) is 4.98 Å². The highest BCUT2D eigenvalue weighted by Crippen LogP contribution is 2.55. The molecular weight excluding hydrogens is 417 g/mol. The average molecular weight is 448 g/mol. The molecule has 2 heterocycles. The highest BCUT2D eigenvalue weighted by Gasteiger charge is 2.63. The standard InChI is InChI=1S/C26H28FNO3.C2H2/c1-16-24-23(22-8-3-2-5-18(22)14-26(24,30)25(29)31-16)12-11-21-10-9-19(15-28-21)17-6-4-7-20(27)13-17;1-2/h4,6-7,9-13,15-16,18,22-24,30H,2-3,5,8,14H2,1H3;1-2H/b12-11+;. The van der Waals surface area contributed by atoms with Gasteiger partial charge in [0.25, 0.3) is 0 Å². The fraction of sp³-hybridized carbons (Fsp3) is 0.429. The third-order valence-corrected chi connectivity index (χ3v) is 7.59. The molecule has 0 spiro atoms. The number of allylic oxidation sites excluding steroid dienone is 1. The van der Waals surface area contributed by atoms with E-state index in [2.05, 4.69) is 23.9 Å². The van der Waals surface area contributed by atoms with Crippen LogP contribution in [0.3, 0.4) is 0 Å². The molecule has 1 N–H and O–H groups in total. The second-order valence-electron chi connectivity index (χ2n) is 9.39. The fourth-order valence-corrected chi connectivity index (χ4v) is 6.20. The topological polar surface area (TPSA) is 59.4 Å². The summed E-state index contributed by atoms with van der Waals surface area (Å²) >= 11 is 0. The van der Waals surface area contributed by atoms with Gasteiger partial charge in [-0.25, -0.2) is 9.18 Å². The highest BCUT2D eigenvalue weighted by atomic mass is 19.1. The lowest BCUT2D eigenvalue weighted by molar-refractivity contribution is -0.162.